The number of carbonyl (C=O) groups excluding carboxylic acids is 1. The predicted molar refractivity (Wildman–Crippen MR) is 68.1 cm³/mol. The van der Waals surface area contributed by atoms with Crippen molar-refractivity contribution in [2.45, 2.75) is 6.42 Å². The Hall–Kier alpha value is -0.0600. The van der Waals surface area contributed by atoms with Gasteiger partial charge in [-0.15, -0.1) is 11.6 Å². The molecule has 82 valence electrons. The van der Waals surface area contributed by atoms with E-state index in [0.29, 0.717) is 23.8 Å². The monoisotopic (exact) mass is 354 g/mol. The highest BCUT2D eigenvalue weighted by atomic mass is 79.9. The summed E-state index contributed by atoms with van der Waals surface area (Å²) in [5.41, 5.74) is 0.596. The third kappa shape index (κ3) is 3.78. The number of ether oxygens (including phenoxy) is 1. The van der Waals surface area contributed by atoms with Crippen LogP contribution in [0.3, 0.4) is 0 Å². The quantitative estimate of drug-likeness (QED) is 0.452. The second kappa shape index (κ2) is 6.51. The minimum absolute atomic E-state index is 0.557. The predicted octanol–water partition coefficient (Wildman–Crippen LogP) is 4.03. The molecule has 0 atom stereocenters. The van der Waals surface area contributed by atoms with Crippen LogP contribution in [0.1, 0.15) is 16.8 Å². The molecule has 15 heavy (non-hydrogen) atoms. The number of halogens is 3. The molecule has 1 aromatic rings. The molecule has 0 bridgehead atoms. The largest absolute Gasteiger partial charge is 0.491 e. The lowest BCUT2D eigenvalue weighted by atomic mass is 10.2. The second-order valence-corrected chi connectivity index (χ2v) is 4.91. The maximum Gasteiger partial charge on any atom is 0.150 e. The first-order chi connectivity index (χ1) is 7.19. The molecule has 0 unspecified atom stereocenters. The van der Waals surface area contributed by atoms with Crippen LogP contribution in [0, 0.1) is 0 Å². The summed E-state index contributed by atoms with van der Waals surface area (Å²) in [6.45, 7) is 0.557. The van der Waals surface area contributed by atoms with Gasteiger partial charge in [0.2, 0.25) is 0 Å². The molecule has 1 aromatic carbocycles. The van der Waals surface area contributed by atoms with Crippen LogP contribution in [0.4, 0.5) is 0 Å². The number of aldehydes is 1. The van der Waals surface area contributed by atoms with E-state index >= 15 is 0 Å². The van der Waals surface area contributed by atoms with Crippen LogP contribution in [0.25, 0.3) is 0 Å². The molecule has 0 radical (unpaired) electrons. The van der Waals surface area contributed by atoms with Crippen LogP contribution in [-0.2, 0) is 0 Å². The molecule has 0 aromatic heterocycles. The first-order valence-electron chi connectivity index (χ1n) is 4.32. The van der Waals surface area contributed by atoms with Crippen molar-refractivity contribution in [3.05, 3.63) is 26.6 Å². The van der Waals surface area contributed by atoms with Crippen LogP contribution in [0.5, 0.6) is 5.75 Å². The molecule has 5 heteroatoms. The lowest BCUT2D eigenvalue weighted by molar-refractivity contribution is 0.112. The molecule has 1 rings (SSSR count). The summed E-state index contributed by atoms with van der Waals surface area (Å²) >= 11 is 12.2. The summed E-state index contributed by atoms with van der Waals surface area (Å²) in [5.74, 6) is 1.27. The molecule has 0 aliphatic heterocycles. The Morgan fingerprint density at radius 3 is 2.40 bits per heavy atom. The topological polar surface area (TPSA) is 26.3 Å². The molecule has 0 fully saturated rings. The van der Waals surface area contributed by atoms with E-state index in [2.05, 4.69) is 31.9 Å². The summed E-state index contributed by atoms with van der Waals surface area (Å²) in [4.78, 5) is 10.6. The lowest BCUT2D eigenvalue weighted by Gasteiger charge is -2.10. The minimum atomic E-state index is 0.557. The maximum absolute atomic E-state index is 10.6. The van der Waals surface area contributed by atoms with Crippen LogP contribution < -0.4 is 4.74 Å². The second-order valence-electron chi connectivity index (χ2n) is 2.82. The van der Waals surface area contributed by atoms with Gasteiger partial charge in [-0.2, -0.15) is 0 Å². The van der Waals surface area contributed by atoms with Gasteiger partial charge < -0.3 is 4.74 Å². The zero-order chi connectivity index (χ0) is 11.3. The Kier molecular flexibility index (Phi) is 5.64. The lowest BCUT2D eigenvalue weighted by Crippen LogP contribution is -1.99. The van der Waals surface area contributed by atoms with Gasteiger partial charge in [0.25, 0.3) is 0 Å². The third-order valence-corrected chi connectivity index (χ3v) is 3.13. The number of hydrogen-bond donors (Lipinski definition) is 0. The normalized spacial score (nSPS) is 10.1. The Balaban J connectivity index is 2.83. The highest BCUT2D eigenvalue weighted by molar-refractivity contribution is 9.11. The molecular formula is C10H9Br2ClO2. The van der Waals surface area contributed by atoms with E-state index in [-0.39, 0.29) is 0 Å². The van der Waals surface area contributed by atoms with E-state index in [1.165, 1.54) is 0 Å². The van der Waals surface area contributed by atoms with Gasteiger partial charge in [0.05, 0.1) is 15.6 Å². The Labute approximate surface area is 110 Å². The van der Waals surface area contributed by atoms with Crippen molar-refractivity contribution in [3.8, 4) is 5.75 Å². The Morgan fingerprint density at radius 1 is 1.33 bits per heavy atom. The molecule has 0 N–H and O–H groups in total. The standard InChI is InChI=1S/C10H9Br2ClO2/c11-8-4-7(6-14)5-9(12)10(8)15-3-1-2-13/h4-6H,1-3H2. The fraction of sp³-hybridized carbons (Fsp3) is 0.300. The van der Waals surface area contributed by atoms with E-state index in [4.69, 9.17) is 16.3 Å². The zero-order valence-corrected chi connectivity index (χ0v) is 11.7. The molecule has 2 nitrogen and oxygen atoms in total. The summed E-state index contributed by atoms with van der Waals surface area (Å²) in [7, 11) is 0. The van der Waals surface area contributed by atoms with Crippen LogP contribution in [0.15, 0.2) is 21.1 Å². The van der Waals surface area contributed by atoms with Crippen LogP contribution in [-0.4, -0.2) is 18.8 Å². The van der Waals surface area contributed by atoms with Crippen LogP contribution in [0.2, 0.25) is 0 Å². The van der Waals surface area contributed by atoms with Gasteiger partial charge >= 0.3 is 0 Å². The first kappa shape index (κ1) is 13.0. The number of hydrogen-bond acceptors (Lipinski definition) is 2. The average molecular weight is 356 g/mol. The van der Waals surface area contributed by atoms with Crippen molar-refractivity contribution in [1.82, 2.24) is 0 Å². The molecule has 0 saturated carbocycles. The highest BCUT2D eigenvalue weighted by Gasteiger charge is 2.08. The maximum atomic E-state index is 10.6. The number of benzene rings is 1. The van der Waals surface area contributed by atoms with Crippen molar-refractivity contribution in [3.63, 3.8) is 0 Å². The Bertz CT molecular complexity index is 332. The summed E-state index contributed by atoms with van der Waals surface area (Å²) in [5, 5.41) is 0. The van der Waals surface area contributed by atoms with Crippen molar-refractivity contribution in [1.29, 1.82) is 0 Å². The molecule has 0 amide bonds. The molecule has 0 spiro atoms. The van der Waals surface area contributed by atoms with Crippen LogP contribution >= 0.6 is 43.5 Å². The van der Waals surface area contributed by atoms with Crippen molar-refractivity contribution >= 4 is 49.7 Å². The summed E-state index contributed by atoms with van der Waals surface area (Å²) < 4.78 is 7.03. The van der Waals surface area contributed by atoms with E-state index in [1.54, 1.807) is 12.1 Å². The molecule has 0 heterocycles. The third-order valence-electron chi connectivity index (χ3n) is 1.68. The smallest absolute Gasteiger partial charge is 0.150 e. The van der Waals surface area contributed by atoms with Gasteiger partial charge in [0.15, 0.2) is 0 Å². The average Bonchev–Trinajstić information content (AvgIpc) is 2.22. The SMILES string of the molecule is O=Cc1cc(Br)c(OCCCCl)c(Br)c1. The number of rotatable bonds is 5. The van der Waals surface area contributed by atoms with Gasteiger partial charge in [-0.25, -0.2) is 0 Å². The Morgan fingerprint density at radius 2 is 1.93 bits per heavy atom. The van der Waals surface area contributed by atoms with Crippen molar-refractivity contribution in [2.24, 2.45) is 0 Å². The van der Waals surface area contributed by atoms with Gasteiger partial charge in [-0.05, 0) is 50.4 Å². The molecule has 0 saturated heterocycles. The highest BCUT2D eigenvalue weighted by Crippen LogP contribution is 2.34. The first-order valence-corrected chi connectivity index (χ1v) is 6.44. The fourth-order valence-electron chi connectivity index (χ4n) is 1.01. The van der Waals surface area contributed by atoms with Gasteiger partial charge in [0, 0.05) is 11.4 Å². The van der Waals surface area contributed by atoms with E-state index in [1.807, 2.05) is 0 Å². The van der Waals surface area contributed by atoms with E-state index in [9.17, 15) is 4.79 Å². The molecule has 0 aliphatic carbocycles. The molecule has 0 aliphatic rings. The zero-order valence-electron chi connectivity index (χ0n) is 7.80. The van der Waals surface area contributed by atoms with Crippen molar-refractivity contribution < 1.29 is 9.53 Å². The van der Waals surface area contributed by atoms with E-state index in [0.717, 1.165) is 21.7 Å². The number of alkyl halides is 1. The summed E-state index contributed by atoms with van der Waals surface area (Å²) in [6.07, 6.45) is 1.58. The minimum Gasteiger partial charge on any atom is -0.491 e. The van der Waals surface area contributed by atoms with E-state index < -0.39 is 0 Å². The van der Waals surface area contributed by atoms with Gasteiger partial charge in [0.1, 0.15) is 12.0 Å². The fourth-order valence-corrected chi connectivity index (χ4v) is 2.57. The van der Waals surface area contributed by atoms with Gasteiger partial charge in [-0.3, -0.25) is 4.79 Å². The van der Waals surface area contributed by atoms with Crippen molar-refractivity contribution in [2.75, 3.05) is 12.5 Å². The summed E-state index contributed by atoms with van der Waals surface area (Å²) in [6, 6.07) is 3.43. The molecular weight excluding hydrogens is 347 g/mol. The number of carbonyl (C=O) groups is 1. The van der Waals surface area contributed by atoms with Gasteiger partial charge in [-0.1, -0.05) is 0 Å².